The van der Waals surface area contributed by atoms with E-state index >= 15 is 0 Å². The van der Waals surface area contributed by atoms with Crippen molar-refractivity contribution in [3.8, 4) is 11.8 Å². The summed E-state index contributed by atoms with van der Waals surface area (Å²) in [6.45, 7) is 5.09. The molecule has 7 nitrogen and oxygen atoms in total. The number of aromatic nitrogens is 1. The number of nitriles is 1. The minimum atomic E-state index is -3.89. The molecule has 2 aromatic carbocycles. The van der Waals surface area contributed by atoms with E-state index in [0.29, 0.717) is 27.9 Å². The number of nitrogens with one attached hydrogen (secondary N) is 2. The summed E-state index contributed by atoms with van der Waals surface area (Å²) >= 11 is 0. The monoisotopic (exact) mass is 399 g/mol. The van der Waals surface area contributed by atoms with Crippen LogP contribution in [0.5, 0.6) is 5.75 Å². The number of aryl methyl sites for hydroxylation is 1. The van der Waals surface area contributed by atoms with Crippen LogP contribution in [0, 0.1) is 18.3 Å². The Morgan fingerprint density at radius 1 is 1.29 bits per heavy atom. The third kappa shape index (κ3) is 4.11. The van der Waals surface area contributed by atoms with Crippen LogP contribution >= 0.6 is 0 Å². The van der Waals surface area contributed by atoms with Gasteiger partial charge in [0.2, 0.25) is 0 Å². The Balaban J connectivity index is 1.93. The highest BCUT2D eigenvalue weighted by molar-refractivity contribution is 7.92. The number of nitrogens with zero attached hydrogens (tertiary/aromatic N) is 1. The average Bonchev–Trinajstić information content (AvgIpc) is 3.07. The molecular formula is C20H21N3O4S. The fraction of sp³-hybridized carbons (Fsp3) is 0.250. The van der Waals surface area contributed by atoms with Gasteiger partial charge >= 0.3 is 0 Å². The number of anilines is 1. The van der Waals surface area contributed by atoms with Gasteiger partial charge in [0.05, 0.1) is 27.3 Å². The largest absolute Gasteiger partial charge is 0.491 e. The van der Waals surface area contributed by atoms with Crippen LogP contribution in [0.2, 0.25) is 0 Å². The number of benzene rings is 2. The lowest BCUT2D eigenvalue weighted by atomic mass is 10.1. The molecule has 0 aliphatic rings. The van der Waals surface area contributed by atoms with Gasteiger partial charge in [-0.05, 0) is 44.5 Å². The summed E-state index contributed by atoms with van der Waals surface area (Å²) in [4.78, 5) is 3.00. The van der Waals surface area contributed by atoms with Crippen molar-refractivity contribution in [1.29, 1.82) is 5.26 Å². The highest BCUT2D eigenvalue weighted by atomic mass is 32.2. The molecule has 146 valence electrons. The summed E-state index contributed by atoms with van der Waals surface area (Å²) < 4.78 is 33.8. The van der Waals surface area contributed by atoms with Crippen LogP contribution in [0.3, 0.4) is 0 Å². The van der Waals surface area contributed by atoms with Gasteiger partial charge in [-0.2, -0.15) is 5.26 Å². The second-order valence-electron chi connectivity index (χ2n) is 7.18. The van der Waals surface area contributed by atoms with Crippen LogP contribution in [-0.4, -0.2) is 30.7 Å². The van der Waals surface area contributed by atoms with Crippen LogP contribution in [0.4, 0.5) is 5.69 Å². The number of hydrogen-bond acceptors (Lipinski definition) is 5. The molecule has 0 fully saturated rings. The van der Waals surface area contributed by atoms with Gasteiger partial charge in [0.25, 0.3) is 10.0 Å². The van der Waals surface area contributed by atoms with E-state index in [1.807, 2.05) is 6.92 Å². The quantitative estimate of drug-likeness (QED) is 0.588. The van der Waals surface area contributed by atoms with Crippen molar-refractivity contribution in [3.63, 3.8) is 0 Å². The van der Waals surface area contributed by atoms with Crippen LogP contribution in [-0.2, 0) is 10.0 Å². The van der Waals surface area contributed by atoms with Crippen LogP contribution < -0.4 is 9.46 Å². The van der Waals surface area contributed by atoms with Crippen LogP contribution in [0.25, 0.3) is 10.9 Å². The van der Waals surface area contributed by atoms with Gasteiger partial charge in [-0.25, -0.2) is 8.42 Å². The van der Waals surface area contributed by atoms with E-state index in [2.05, 4.69) is 15.8 Å². The Morgan fingerprint density at radius 3 is 2.71 bits per heavy atom. The molecule has 0 unspecified atom stereocenters. The van der Waals surface area contributed by atoms with Gasteiger partial charge in [0.15, 0.2) is 0 Å². The van der Waals surface area contributed by atoms with E-state index in [-0.39, 0.29) is 11.5 Å². The lowest BCUT2D eigenvalue weighted by Crippen LogP contribution is -2.27. The molecule has 1 aromatic heterocycles. The Morgan fingerprint density at radius 2 is 2.04 bits per heavy atom. The smallest absolute Gasteiger partial charge is 0.262 e. The molecule has 0 saturated carbocycles. The van der Waals surface area contributed by atoms with Crippen molar-refractivity contribution in [2.24, 2.45) is 0 Å². The fourth-order valence-electron chi connectivity index (χ4n) is 2.79. The molecular weight excluding hydrogens is 378 g/mol. The Hall–Kier alpha value is -3.02. The van der Waals surface area contributed by atoms with E-state index in [4.69, 9.17) is 4.74 Å². The number of rotatable bonds is 6. The standard InChI is InChI=1S/C20H21N3O4S/c1-13-7-8-17(19-18(13)14(10-21)11-22-19)23-28(25,26)16-6-4-5-15(9-16)27-12-20(2,3)24/h4-9,11,22-24H,12H2,1-3H3. The molecule has 0 atom stereocenters. The summed E-state index contributed by atoms with van der Waals surface area (Å²) in [6, 6.07) is 11.6. The van der Waals surface area contributed by atoms with E-state index in [1.54, 1.807) is 44.3 Å². The van der Waals surface area contributed by atoms with Crippen molar-refractivity contribution in [1.82, 2.24) is 4.98 Å². The summed E-state index contributed by atoms with van der Waals surface area (Å²) in [5.41, 5.74) is 1.19. The van der Waals surface area contributed by atoms with Gasteiger partial charge < -0.3 is 14.8 Å². The highest BCUT2D eigenvalue weighted by Gasteiger charge is 2.19. The van der Waals surface area contributed by atoms with Crippen LogP contribution in [0.15, 0.2) is 47.5 Å². The first kappa shape index (κ1) is 19.7. The van der Waals surface area contributed by atoms with Crippen LogP contribution in [0.1, 0.15) is 25.0 Å². The molecule has 1 heterocycles. The minimum absolute atomic E-state index is 0.0292. The SMILES string of the molecule is Cc1ccc(NS(=O)(=O)c2cccc(OCC(C)(C)O)c2)c2[nH]cc(C#N)c12. The first-order valence-corrected chi connectivity index (χ1v) is 10.1. The molecule has 0 aliphatic carbocycles. The molecule has 3 rings (SSSR count). The summed E-state index contributed by atoms with van der Waals surface area (Å²) in [6.07, 6.45) is 1.56. The number of aromatic amines is 1. The highest BCUT2D eigenvalue weighted by Crippen LogP contribution is 2.30. The first-order valence-electron chi connectivity index (χ1n) is 8.59. The molecule has 0 aliphatic heterocycles. The molecule has 3 N–H and O–H groups in total. The Kier molecular flexibility index (Phi) is 5.06. The number of sulfonamides is 1. The molecule has 0 radical (unpaired) electrons. The minimum Gasteiger partial charge on any atom is -0.491 e. The molecule has 0 spiro atoms. The van der Waals surface area contributed by atoms with Gasteiger partial charge in [-0.1, -0.05) is 12.1 Å². The van der Waals surface area contributed by atoms with Crippen molar-refractivity contribution in [2.45, 2.75) is 31.3 Å². The Bertz CT molecular complexity index is 1170. The first-order chi connectivity index (χ1) is 13.1. The molecule has 0 saturated heterocycles. The predicted octanol–water partition coefficient (Wildman–Crippen LogP) is 3.30. The van der Waals surface area contributed by atoms with Crippen molar-refractivity contribution < 1.29 is 18.3 Å². The van der Waals surface area contributed by atoms with Gasteiger partial charge in [-0.15, -0.1) is 0 Å². The average molecular weight is 399 g/mol. The van der Waals surface area contributed by atoms with Gasteiger partial charge in [0, 0.05) is 17.6 Å². The summed E-state index contributed by atoms with van der Waals surface area (Å²) in [5.74, 6) is 0.339. The van der Waals surface area contributed by atoms with E-state index < -0.39 is 15.6 Å². The van der Waals surface area contributed by atoms with Gasteiger partial charge in [-0.3, -0.25) is 4.72 Å². The second kappa shape index (κ2) is 7.19. The Labute approximate surface area is 163 Å². The topological polar surface area (TPSA) is 115 Å². The van der Waals surface area contributed by atoms with Crippen molar-refractivity contribution in [3.05, 3.63) is 53.7 Å². The van der Waals surface area contributed by atoms with E-state index in [1.165, 1.54) is 12.1 Å². The van der Waals surface area contributed by atoms with Gasteiger partial charge in [0.1, 0.15) is 18.4 Å². The fourth-order valence-corrected chi connectivity index (χ4v) is 3.89. The number of aliphatic hydroxyl groups is 1. The number of ether oxygens (including phenoxy) is 1. The molecule has 8 heteroatoms. The number of H-pyrrole nitrogens is 1. The van der Waals surface area contributed by atoms with Crippen molar-refractivity contribution >= 4 is 26.6 Å². The lowest BCUT2D eigenvalue weighted by Gasteiger charge is -2.18. The summed E-state index contributed by atoms with van der Waals surface area (Å²) in [7, 11) is -3.89. The second-order valence-corrected chi connectivity index (χ2v) is 8.86. The van der Waals surface area contributed by atoms with E-state index in [9.17, 15) is 18.8 Å². The maximum absolute atomic E-state index is 12.9. The zero-order valence-corrected chi connectivity index (χ0v) is 16.6. The third-order valence-electron chi connectivity index (χ3n) is 4.12. The maximum Gasteiger partial charge on any atom is 0.262 e. The molecule has 3 aromatic rings. The number of fused-ring (bicyclic) bond motifs is 1. The zero-order valence-electron chi connectivity index (χ0n) is 15.8. The lowest BCUT2D eigenvalue weighted by molar-refractivity contribution is 0.0284. The maximum atomic E-state index is 12.9. The number of hydrogen-bond donors (Lipinski definition) is 3. The molecule has 0 bridgehead atoms. The summed E-state index contributed by atoms with van der Waals surface area (Å²) in [5, 5.41) is 19.7. The van der Waals surface area contributed by atoms with Crippen molar-refractivity contribution in [2.75, 3.05) is 11.3 Å². The molecule has 0 amide bonds. The zero-order chi connectivity index (χ0) is 20.5. The predicted molar refractivity (Wildman–Crippen MR) is 107 cm³/mol. The normalized spacial score (nSPS) is 12.0. The third-order valence-corrected chi connectivity index (χ3v) is 5.48. The molecule has 28 heavy (non-hydrogen) atoms. The van der Waals surface area contributed by atoms with E-state index in [0.717, 1.165) is 5.56 Å².